The van der Waals surface area contributed by atoms with E-state index in [1.165, 1.54) is 7.11 Å². The van der Waals surface area contributed by atoms with E-state index in [-0.39, 0.29) is 23.5 Å². The number of rotatable bonds is 5. The molecule has 0 atom stereocenters. The van der Waals surface area contributed by atoms with Crippen molar-refractivity contribution in [2.24, 2.45) is 0 Å². The summed E-state index contributed by atoms with van der Waals surface area (Å²) >= 11 is 0. The molecule has 0 heterocycles. The van der Waals surface area contributed by atoms with Crippen molar-refractivity contribution in [1.82, 2.24) is 0 Å². The van der Waals surface area contributed by atoms with Gasteiger partial charge in [0.2, 0.25) is 0 Å². The van der Waals surface area contributed by atoms with Crippen molar-refractivity contribution < 1.29 is 24.2 Å². The third-order valence-electron chi connectivity index (χ3n) is 3.73. The molecule has 0 saturated heterocycles. The quantitative estimate of drug-likeness (QED) is 0.849. The normalized spacial score (nSPS) is 10.3. The predicted molar refractivity (Wildman–Crippen MR) is 90.2 cm³/mol. The molecular formula is C19H20O5. The van der Waals surface area contributed by atoms with Crippen LogP contribution in [0.15, 0.2) is 36.4 Å². The lowest BCUT2D eigenvalue weighted by molar-refractivity contribution is 0.0521. The van der Waals surface area contributed by atoms with Gasteiger partial charge in [0.25, 0.3) is 0 Å². The van der Waals surface area contributed by atoms with Crippen LogP contribution in [0, 0.1) is 0 Å². The summed E-state index contributed by atoms with van der Waals surface area (Å²) in [6.45, 7) is 3.73. The highest BCUT2D eigenvalue weighted by Crippen LogP contribution is 2.36. The summed E-state index contributed by atoms with van der Waals surface area (Å²) in [6, 6.07) is 10.6. The number of benzene rings is 2. The first-order chi connectivity index (χ1) is 11.5. The summed E-state index contributed by atoms with van der Waals surface area (Å²) < 4.78 is 9.89. The van der Waals surface area contributed by atoms with Gasteiger partial charge in [0.05, 0.1) is 19.3 Å². The zero-order valence-electron chi connectivity index (χ0n) is 14.0. The summed E-state index contributed by atoms with van der Waals surface area (Å²) in [4.78, 5) is 24.5. The minimum absolute atomic E-state index is 0.0496. The fourth-order valence-corrected chi connectivity index (χ4v) is 2.61. The SMILES string of the molecule is CCOC(=O)c1cc(-c2ccccc2)c(C(=O)OC)c(O)c1CC. The predicted octanol–water partition coefficient (Wildman–Crippen LogP) is 3.58. The number of hydrogen-bond acceptors (Lipinski definition) is 5. The Morgan fingerprint density at radius 1 is 1.08 bits per heavy atom. The lowest BCUT2D eigenvalue weighted by Crippen LogP contribution is -2.12. The van der Waals surface area contributed by atoms with Crippen molar-refractivity contribution in [3.63, 3.8) is 0 Å². The van der Waals surface area contributed by atoms with Crippen LogP contribution in [0.5, 0.6) is 5.75 Å². The van der Waals surface area contributed by atoms with Crippen molar-refractivity contribution in [3.05, 3.63) is 53.1 Å². The molecule has 5 heteroatoms. The van der Waals surface area contributed by atoms with Gasteiger partial charge in [-0.15, -0.1) is 0 Å². The molecule has 5 nitrogen and oxygen atoms in total. The maximum Gasteiger partial charge on any atom is 0.342 e. The van der Waals surface area contributed by atoms with Gasteiger partial charge >= 0.3 is 11.9 Å². The number of carbonyl (C=O) groups is 2. The van der Waals surface area contributed by atoms with Crippen LogP contribution in [-0.4, -0.2) is 30.8 Å². The zero-order valence-corrected chi connectivity index (χ0v) is 14.0. The highest BCUT2D eigenvalue weighted by atomic mass is 16.5. The smallest absolute Gasteiger partial charge is 0.342 e. The Labute approximate surface area is 140 Å². The van der Waals surface area contributed by atoms with Crippen molar-refractivity contribution in [3.8, 4) is 16.9 Å². The number of aromatic hydroxyl groups is 1. The summed E-state index contributed by atoms with van der Waals surface area (Å²) in [5.74, 6) is -1.43. The molecule has 0 aliphatic rings. The van der Waals surface area contributed by atoms with Crippen LogP contribution in [0.1, 0.15) is 40.1 Å². The van der Waals surface area contributed by atoms with Crippen molar-refractivity contribution >= 4 is 11.9 Å². The Kier molecular flexibility index (Phi) is 5.58. The van der Waals surface area contributed by atoms with Gasteiger partial charge in [0, 0.05) is 11.1 Å². The van der Waals surface area contributed by atoms with E-state index in [4.69, 9.17) is 9.47 Å². The molecule has 0 bridgehead atoms. The van der Waals surface area contributed by atoms with E-state index < -0.39 is 11.9 Å². The number of methoxy groups -OCH3 is 1. The maximum atomic E-state index is 12.3. The number of esters is 2. The molecule has 2 aromatic rings. The van der Waals surface area contributed by atoms with Crippen LogP contribution in [0.25, 0.3) is 11.1 Å². The van der Waals surface area contributed by atoms with E-state index in [1.54, 1.807) is 32.0 Å². The van der Waals surface area contributed by atoms with Gasteiger partial charge in [-0.25, -0.2) is 9.59 Å². The van der Waals surface area contributed by atoms with E-state index in [2.05, 4.69) is 0 Å². The van der Waals surface area contributed by atoms with Gasteiger partial charge in [-0.05, 0) is 25.0 Å². The molecule has 0 fully saturated rings. The molecule has 0 aliphatic carbocycles. The van der Waals surface area contributed by atoms with Gasteiger partial charge < -0.3 is 14.6 Å². The second-order valence-electron chi connectivity index (χ2n) is 5.11. The van der Waals surface area contributed by atoms with Crippen molar-refractivity contribution in [1.29, 1.82) is 0 Å². The minimum atomic E-state index is -0.656. The molecule has 24 heavy (non-hydrogen) atoms. The van der Waals surface area contributed by atoms with Crippen LogP contribution >= 0.6 is 0 Å². The van der Waals surface area contributed by atoms with Crippen LogP contribution in [0.2, 0.25) is 0 Å². The minimum Gasteiger partial charge on any atom is -0.507 e. The van der Waals surface area contributed by atoms with Crippen molar-refractivity contribution in [2.75, 3.05) is 13.7 Å². The average Bonchev–Trinajstić information content (AvgIpc) is 2.61. The number of carbonyl (C=O) groups excluding carboxylic acids is 2. The Morgan fingerprint density at radius 3 is 2.29 bits per heavy atom. The summed E-state index contributed by atoms with van der Waals surface area (Å²) in [7, 11) is 1.25. The standard InChI is InChI=1S/C19H20O5/c1-4-13-15(18(21)24-5-2)11-14(12-9-7-6-8-10-12)16(17(13)20)19(22)23-3/h6-11,20H,4-5H2,1-3H3. The summed E-state index contributed by atoms with van der Waals surface area (Å²) in [6.07, 6.45) is 0.374. The third kappa shape index (κ3) is 3.25. The van der Waals surface area contributed by atoms with E-state index in [0.717, 1.165) is 0 Å². The van der Waals surface area contributed by atoms with E-state index in [0.29, 0.717) is 23.1 Å². The highest BCUT2D eigenvalue weighted by molar-refractivity contribution is 6.04. The monoisotopic (exact) mass is 328 g/mol. The van der Waals surface area contributed by atoms with Gasteiger partial charge in [0.15, 0.2) is 0 Å². The summed E-state index contributed by atoms with van der Waals surface area (Å²) in [5, 5.41) is 10.6. The third-order valence-corrected chi connectivity index (χ3v) is 3.73. The Bertz CT molecular complexity index is 750. The van der Waals surface area contributed by atoms with Gasteiger partial charge in [-0.2, -0.15) is 0 Å². The Morgan fingerprint density at radius 2 is 1.75 bits per heavy atom. The first-order valence-electron chi connectivity index (χ1n) is 7.74. The van der Waals surface area contributed by atoms with Crippen LogP contribution in [0.3, 0.4) is 0 Å². The molecule has 0 aromatic heterocycles. The molecule has 0 aliphatic heterocycles. The lowest BCUT2D eigenvalue weighted by Gasteiger charge is -2.17. The average molecular weight is 328 g/mol. The zero-order chi connectivity index (χ0) is 17.7. The number of ether oxygens (including phenoxy) is 2. The Balaban J connectivity index is 2.80. The van der Waals surface area contributed by atoms with E-state index in [1.807, 2.05) is 18.2 Å². The largest absolute Gasteiger partial charge is 0.507 e. The fourth-order valence-electron chi connectivity index (χ4n) is 2.61. The second kappa shape index (κ2) is 7.64. The van der Waals surface area contributed by atoms with Gasteiger partial charge in [0.1, 0.15) is 11.3 Å². The number of phenolic OH excluding ortho intramolecular Hbond substituents is 1. The number of phenols is 1. The molecule has 126 valence electrons. The highest BCUT2D eigenvalue weighted by Gasteiger charge is 2.26. The molecule has 1 N–H and O–H groups in total. The molecule has 0 unspecified atom stereocenters. The van der Waals surface area contributed by atoms with Gasteiger partial charge in [-0.3, -0.25) is 0 Å². The van der Waals surface area contributed by atoms with Crippen LogP contribution < -0.4 is 0 Å². The van der Waals surface area contributed by atoms with Crippen LogP contribution in [-0.2, 0) is 15.9 Å². The first-order valence-corrected chi connectivity index (χ1v) is 7.74. The molecule has 0 saturated carbocycles. The molecular weight excluding hydrogens is 308 g/mol. The maximum absolute atomic E-state index is 12.3. The number of hydrogen-bond donors (Lipinski definition) is 1. The fraction of sp³-hybridized carbons (Fsp3) is 0.263. The molecule has 0 spiro atoms. The van der Waals surface area contributed by atoms with Crippen LogP contribution in [0.4, 0.5) is 0 Å². The molecule has 2 aromatic carbocycles. The summed E-state index contributed by atoms with van der Waals surface area (Å²) in [5.41, 5.74) is 1.80. The van der Waals surface area contributed by atoms with E-state index >= 15 is 0 Å². The topological polar surface area (TPSA) is 72.8 Å². The first kappa shape index (κ1) is 17.5. The molecule has 2 rings (SSSR count). The molecule has 0 radical (unpaired) electrons. The lowest BCUT2D eigenvalue weighted by atomic mass is 9.91. The van der Waals surface area contributed by atoms with E-state index in [9.17, 15) is 14.7 Å². The van der Waals surface area contributed by atoms with Gasteiger partial charge in [-0.1, -0.05) is 37.3 Å². The molecule has 0 amide bonds. The Hall–Kier alpha value is -2.82. The second-order valence-corrected chi connectivity index (χ2v) is 5.11. The van der Waals surface area contributed by atoms with Crippen molar-refractivity contribution in [2.45, 2.75) is 20.3 Å².